The zero-order valence-electron chi connectivity index (χ0n) is 45.9. The number of aliphatic hydroxyl groups is 17. The van der Waals surface area contributed by atoms with E-state index in [2.05, 4.69) is 21.3 Å². The number of hydrogen-bond donors (Lipinski definition) is 22. The number of aliphatic hydroxyl groups excluding tert-OH is 17. The molecule has 0 aromatic carbocycles. The van der Waals surface area contributed by atoms with E-state index < -0.39 is 265 Å². The van der Waals surface area contributed by atoms with Gasteiger partial charge in [-0.1, -0.05) is 0 Å². The van der Waals surface area contributed by atoms with E-state index in [1.54, 1.807) is 0 Å². The van der Waals surface area contributed by atoms with E-state index in [9.17, 15) is 116 Å². The molecule has 85 heavy (non-hydrogen) atoms. The van der Waals surface area contributed by atoms with Crippen LogP contribution in [0.4, 0.5) is 0 Å². The van der Waals surface area contributed by atoms with Gasteiger partial charge in [-0.2, -0.15) is 0 Å². The largest absolute Gasteiger partial charge is 0.477 e. The minimum absolute atomic E-state index is 0.798. The zero-order valence-corrected chi connectivity index (χ0v) is 45.9. The van der Waals surface area contributed by atoms with Gasteiger partial charge in [-0.3, -0.25) is 19.2 Å². The van der Waals surface area contributed by atoms with Crippen LogP contribution >= 0.6 is 0 Å². The van der Waals surface area contributed by atoms with Gasteiger partial charge in [0.05, 0.1) is 51.8 Å². The fourth-order valence-corrected chi connectivity index (χ4v) is 10.7. The molecule has 31 atom stereocenters. The summed E-state index contributed by atoms with van der Waals surface area (Å²) in [6.45, 7) is -2.44. The van der Waals surface area contributed by atoms with Gasteiger partial charge in [-0.25, -0.2) is 4.79 Å². The van der Waals surface area contributed by atoms with Crippen LogP contribution in [0.5, 0.6) is 0 Å². The normalized spacial score (nSPS) is 45.0. The van der Waals surface area contributed by atoms with Gasteiger partial charge in [0.25, 0.3) is 5.79 Å². The first-order valence-corrected chi connectivity index (χ1v) is 26.7. The number of nitrogens with one attached hydrogen (secondary N) is 4. The van der Waals surface area contributed by atoms with E-state index in [1.165, 1.54) is 0 Å². The second-order valence-electron chi connectivity index (χ2n) is 21.2. The Labute approximate surface area is 481 Å². The van der Waals surface area contributed by atoms with Gasteiger partial charge < -0.3 is 165 Å². The minimum atomic E-state index is -3.01. The molecule has 6 saturated heterocycles. The number of carboxylic acid groups (broad SMARTS) is 1. The Morgan fingerprint density at radius 3 is 1.44 bits per heavy atom. The van der Waals surface area contributed by atoms with Gasteiger partial charge in [-0.05, 0) is 0 Å². The van der Waals surface area contributed by atoms with Crippen LogP contribution in [-0.4, -0.2) is 351 Å². The maximum Gasteiger partial charge on any atom is 0.364 e. The van der Waals surface area contributed by atoms with Crippen LogP contribution in [-0.2, 0) is 76.1 Å². The molecule has 0 radical (unpaired) electrons. The van der Waals surface area contributed by atoms with Crippen molar-refractivity contribution in [3.63, 3.8) is 0 Å². The van der Waals surface area contributed by atoms with E-state index >= 15 is 0 Å². The molecule has 0 aromatic heterocycles. The molecule has 0 unspecified atom stereocenters. The maximum absolute atomic E-state index is 12.9. The third-order valence-corrected chi connectivity index (χ3v) is 15.0. The number of hydrogen-bond acceptors (Lipinski definition) is 33. The lowest BCUT2D eigenvalue weighted by atomic mass is 9.88. The molecule has 0 bridgehead atoms. The lowest BCUT2D eigenvalue weighted by Gasteiger charge is -2.51. The molecule has 22 N–H and O–H groups in total. The Morgan fingerprint density at radius 2 is 0.894 bits per heavy atom. The van der Waals surface area contributed by atoms with E-state index in [0.717, 1.165) is 27.7 Å². The molecule has 6 aliphatic rings. The molecule has 4 amide bonds. The predicted molar refractivity (Wildman–Crippen MR) is 263 cm³/mol. The number of carbonyl (C=O) groups is 5. The smallest absolute Gasteiger partial charge is 0.364 e. The van der Waals surface area contributed by atoms with Crippen LogP contribution in [0, 0.1) is 0 Å². The van der Waals surface area contributed by atoms with Crippen molar-refractivity contribution in [3.05, 3.63) is 0 Å². The monoisotopic (exact) mass is 1240 g/mol. The van der Waals surface area contributed by atoms with E-state index in [4.69, 9.17) is 52.1 Å². The first-order valence-electron chi connectivity index (χ1n) is 26.7. The number of aliphatic carboxylic acids is 1. The van der Waals surface area contributed by atoms with Crippen molar-refractivity contribution in [1.82, 2.24) is 21.3 Å². The highest BCUT2D eigenvalue weighted by atomic mass is 16.8. The Hall–Kier alpha value is -3.77. The van der Waals surface area contributed by atoms with E-state index in [0.29, 0.717) is 0 Å². The average molecular weight is 1240 g/mol. The summed E-state index contributed by atoms with van der Waals surface area (Å²) in [7, 11) is 0. The highest BCUT2D eigenvalue weighted by Gasteiger charge is 2.60. The number of carboxylic acids is 1. The minimum Gasteiger partial charge on any atom is -0.477 e. The predicted octanol–water partition coefficient (Wildman–Crippen LogP) is -14.3. The molecular weight excluding hydrogens is 1160 g/mol. The van der Waals surface area contributed by atoms with E-state index in [1.807, 2.05) is 0 Å². The van der Waals surface area contributed by atoms with Gasteiger partial charge in [0.2, 0.25) is 23.6 Å². The highest BCUT2D eigenvalue weighted by molar-refractivity contribution is 5.77. The van der Waals surface area contributed by atoms with Gasteiger partial charge >= 0.3 is 5.97 Å². The summed E-state index contributed by atoms with van der Waals surface area (Å²) < 4.78 is 63.5. The van der Waals surface area contributed by atoms with Crippen LogP contribution in [0.1, 0.15) is 34.1 Å². The summed E-state index contributed by atoms with van der Waals surface area (Å²) in [5.41, 5.74) is 0. The second-order valence-corrected chi connectivity index (χ2v) is 21.2. The average Bonchev–Trinajstić information content (AvgIpc) is 1.89. The van der Waals surface area contributed by atoms with Crippen molar-refractivity contribution in [2.24, 2.45) is 0 Å². The first-order chi connectivity index (χ1) is 40.0. The Balaban J connectivity index is 1.25. The summed E-state index contributed by atoms with van der Waals surface area (Å²) >= 11 is 0. The molecule has 6 heterocycles. The van der Waals surface area contributed by atoms with Gasteiger partial charge in [0.1, 0.15) is 140 Å². The van der Waals surface area contributed by atoms with Crippen molar-refractivity contribution in [2.45, 2.75) is 224 Å². The molecule has 0 spiro atoms. The fraction of sp³-hybridized carbons (Fsp3) is 0.894. The Bertz CT molecular complexity index is 2210. The lowest BCUT2D eigenvalue weighted by Crippen LogP contribution is -2.71. The van der Waals surface area contributed by atoms with Crippen molar-refractivity contribution in [1.29, 1.82) is 0 Å². The first kappa shape index (κ1) is 70.3. The molecule has 6 rings (SSSR count). The van der Waals surface area contributed by atoms with Crippen molar-refractivity contribution in [3.8, 4) is 0 Å². The maximum atomic E-state index is 12.9. The summed E-state index contributed by atoms with van der Waals surface area (Å²) in [6.07, 6.45) is -52.8. The number of ether oxygens (including phenoxy) is 11. The molecule has 38 nitrogen and oxygen atoms in total. The Morgan fingerprint density at radius 1 is 0.471 bits per heavy atom. The van der Waals surface area contributed by atoms with Crippen LogP contribution in [0.25, 0.3) is 0 Å². The highest BCUT2D eigenvalue weighted by Crippen LogP contribution is 2.38. The molecule has 0 aliphatic carbocycles. The standard InChI is InChI=1S/C47H78N4O34/c1-12(57)48-23-16(61)5-47(46(73)74,85-39(23)27(63)17(62)6-52)75-11-22-31(67)37(25(41(72)76-22)50-14(3)59)82-42-24(49-13(2)58)32(68)36(21(10-56)80-42)81-45-35(71)40(30(66)20(9-55)79-45)84-43-26(51-15(4)60)38(29(65)19(8-54)77-43)83-44-34(70)33(69)28(64)18(7-53)78-44/h16-45,52-56,61-72H,5-11H2,1-4H3,(H,48,57)(H,49,58)(H,50,59)(H,51,60)(H,73,74)/t16-,17+,18+,19+,20+,21+,22+,23+,24+,25+,26+,27+,28-,29+,30-,31-,32+,33-,34+,35+,36+,37+,38+,39+,40-,41-,42-,43-,44-,45-,47+/m0/s1. The molecule has 38 heteroatoms. The van der Waals surface area contributed by atoms with Crippen molar-refractivity contribution < 1.29 is 168 Å². The van der Waals surface area contributed by atoms with Gasteiger partial charge in [-0.15, -0.1) is 0 Å². The third-order valence-electron chi connectivity index (χ3n) is 15.0. The van der Waals surface area contributed by atoms with Crippen LogP contribution < -0.4 is 21.3 Å². The van der Waals surface area contributed by atoms with Crippen molar-refractivity contribution in [2.75, 3.05) is 39.6 Å². The molecule has 6 fully saturated rings. The SMILES string of the molecule is CC(=O)N[C@@H]1[C@@H](O[C@@H]2O[C@H](CO)[C@@H](O[C@@H]3O[C@H](CO)[C@H](O)[C@H](O[C@@H]4O[C@H](CO)[C@@H](O)[C@H](O[C@@H]5O[C@H](CO)[C@H](O)[C@H](O)[C@H]5O)[C@H]4NC(C)=O)[C@H]3O)[C@H](O)[C@H]2NC(C)=O)[C@@H](O)[C@@H](CO[C@]2(C(=O)O)C[C@H](O)[C@@H](NC(C)=O)[C@H]([C@H](O)[C@H](O)CO)O2)O[C@@H]1O. The quantitative estimate of drug-likeness (QED) is 0.0452. The van der Waals surface area contributed by atoms with Gasteiger partial charge in [0.15, 0.2) is 31.5 Å². The van der Waals surface area contributed by atoms with Crippen molar-refractivity contribution >= 4 is 29.6 Å². The lowest BCUT2D eigenvalue weighted by molar-refractivity contribution is -0.380. The molecule has 0 aromatic rings. The van der Waals surface area contributed by atoms with E-state index in [-0.39, 0.29) is 0 Å². The fourth-order valence-electron chi connectivity index (χ4n) is 10.7. The van der Waals surface area contributed by atoms with Gasteiger partial charge in [0, 0.05) is 34.1 Å². The number of carbonyl (C=O) groups excluding carboxylic acids is 4. The van der Waals surface area contributed by atoms with Crippen LogP contribution in [0.3, 0.4) is 0 Å². The van der Waals surface area contributed by atoms with Crippen LogP contribution in [0.2, 0.25) is 0 Å². The summed E-state index contributed by atoms with van der Waals surface area (Å²) in [5, 5.41) is 204. The number of rotatable bonds is 23. The summed E-state index contributed by atoms with van der Waals surface area (Å²) in [5.74, 6) is -8.45. The topological polar surface area (TPSA) is 599 Å². The third kappa shape index (κ3) is 15.8. The molecular formula is C47H78N4O34. The zero-order chi connectivity index (χ0) is 63.3. The molecule has 0 saturated carbocycles. The summed E-state index contributed by atoms with van der Waals surface area (Å²) in [6, 6.07) is -7.08. The number of amides is 4. The molecule has 490 valence electrons. The summed E-state index contributed by atoms with van der Waals surface area (Å²) in [4.78, 5) is 62.9. The van der Waals surface area contributed by atoms with Crippen LogP contribution in [0.15, 0.2) is 0 Å². The second kappa shape index (κ2) is 30.2. The molecule has 6 aliphatic heterocycles. The Kier molecular flexibility index (Phi) is 24.9.